The molecule has 6 heteroatoms. The Balaban J connectivity index is 2.52. The van der Waals surface area contributed by atoms with Crippen molar-refractivity contribution in [3.05, 3.63) is 34.0 Å². The molecule has 0 fully saturated rings. The molecule has 17 heavy (non-hydrogen) atoms. The highest BCUT2D eigenvalue weighted by Crippen LogP contribution is 2.25. The second-order valence-corrected chi connectivity index (χ2v) is 3.81. The van der Waals surface area contributed by atoms with E-state index in [0.717, 1.165) is 0 Å². The van der Waals surface area contributed by atoms with Crippen LogP contribution in [0.2, 0.25) is 0 Å². The monoisotopic (exact) mass is 247 g/mol. The first-order chi connectivity index (χ1) is 8.22. The first kappa shape index (κ1) is 11.5. The highest BCUT2D eigenvalue weighted by Gasteiger charge is 2.14. The molecule has 0 unspecified atom stereocenters. The van der Waals surface area contributed by atoms with Gasteiger partial charge in [0.1, 0.15) is 0 Å². The molecule has 2 rings (SSSR count). The van der Waals surface area contributed by atoms with Gasteiger partial charge in [-0.1, -0.05) is 11.8 Å². The summed E-state index contributed by atoms with van der Waals surface area (Å²) in [5, 5.41) is 17.9. The molecular weight excluding hydrogens is 238 g/mol. The van der Waals surface area contributed by atoms with Gasteiger partial charge in [-0.15, -0.1) is 0 Å². The molecule has 0 saturated carbocycles. The normalized spacial score (nSPS) is 9.94. The van der Waals surface area contributed by atoms with Crippen LogP contribution in [0.5, 0.6) is 0 Å². The van der Waals surface area contributed by atoms with Crippen molar-refractivity contribution < 1.29 is 4.92 Å². The van der Waals surface area contributed by atoms with Crippen LogP contribution in [-0.2, 0) is 0 Å². The van der Waals surface area contributed by atoms with Gasteiger partial charge in [0.05, 0.1) is 22.0 Å². The highest BCUT2D eigenvalue weighted by atomic mass is 32.1. The van der Waals surface area contributed by atoms with Crippen LogP contribution in [0.15, 0.2) is 18.3 Å². The maximum absolute atomic E-state index is 10.9. The van der Waals surface area contributed by atoms with E-state index in [1.54, 1.807) is 6.07 Å². The van der Waals surface area contributed by atoms with E-state index in [2.05, 4.69) is 34.7 Å². The molecule has 1 aromatic heterocycles. The number of nitro groups is 1. The van der Waals surface area contributed by atoms with E-state index >= 15 is 0 Å². The average molecular weight is 247 g/mol. The Kier molecular flexibility index (Phi) is 3.30. The lowest BCUT2D eigenvalue weighted by atomic mass is 10.1. The van der Waals surface area contributed by atoms with Crippen LogP contribution < -0.4 is 0 Å². The fourth-order valence-corrected chi connectivity index (χ4v) is 1.59. The van der Waals surface area contributed by atoms with E-state index in [-0.39, 0.29) is 5.69 Å². The predicted octanol–water partition coefficient (Wildman–Crippen LogP) is 2.14. The van der Waals surface area contributed by atoms with Gasteiger partial charge in [0.2, 0.25) is 0 Å². The summed E-state index contributed by atoms with van der Waals surface area (Å²) in [6.07, 6.45) is 2.09. The zero-order valence-corrected chi connectivity index (χ0v) is 9.70. The van der Waals surface area contributed by atoms with Crippen LogP contribution in [0.25, 0.3) is 10.9 Å². The fraction of sp³-hybridized carbons (Fsp3) is 0.182. The number of non-ortho nitro benzene ring substituents is 1. The summed E-state index contributed by atoms with van der Waals surface area (Å²) in [5.74, 6) is 6.43. The van der Waals surface area contributed by atoms with Crippen molar-refractivity contribution in [3.63, 3.8) is 0 Å². The van der Waals surface area contributed by atoms with Gasteiger partial charge in [-0.3, -0.25) is 15.2 Å². The Hall–Kier alpha value is -2.00. The number of hydrogen-bond donors (Lipinski definition) is 2. The smallest absolute Gasteiger partial charge is 0.278 e. The molecule has 1 aromatic carbocycles. The minimum atomic E-state index is -0.429. The summed E-state index contributed by atoms with van der Waals surface area (Å²) in [6, 6.07) is 3.21. The molecule has 2 aromatic rings. The summed E-state index contributed by atoms with van der Waals surface area (Å²) in [7, 11) is 0. The third-order valence-electron chi connectivity index (χ3n) is 2.20. The van der Waals surface area contributed by atoms with Crippen LogP contribution in [0, 0.1) is 22.0 Å². The van der Waals surface area contributed by atoms with E-state index in [1.165, 1.54) is 12.3 Å². The van der Waals surface area contributed by atoms with E-state index < -0.39 is 4.92 Å². The van der Waals surface area contributed by atoms with Crippen LogP contribution in [-0.4, -0.2) is 20.9 Å². The molecule has 0 atom stereocenters. The second-order valence-electron chi connectivity index (χ2n) is 3.36. The van der Waals surface area contributed by atoms with Gasteiger partial charge in [0.25, 0.3) is 5.69 Å². The molecule has 0 aliphatic heterocycles. The lowest BCUT2D eigenvalue weighted by molar-refractivity contribution is -0.383. The van der Waals surface area contributed by atoms with Gasteiger partial charge in [0, 0.05) is 23.8 Å². The molecule has 0 amide bonds. The SMILES string of the molecule is O=[N+]([O-])c1cc(C#CCCS)cc2[nH]ncc12. The topological polar surface area (TPSA) is 71.8 Å². The minimum Gasteiger partial charge on any atom is -0.278 e. The molecule has 86 valence electrons. The summed E-state index contributed by atoms with van der Waals surface area (Å²) < 4.78 is 0. The van der Waals surface area contributed by atoms with Crippen LogP contribution in [0.4, 0.5) is 5.69 Å². The zero-order chi connectivity index (χ0) is 12.3. The van der Waals surface area contributed by atoms with Crippen molar-refractivity contribution in [3.8, 4) is 11.8 Å². The minimum absolute atomic E-state index is 0.0198. The van der Waals surface area contributed by atoms with E-state index in [0.29, 0.717) is 28.6 Å². The molecule has 0 aliphatic carbocycles. The lowest BCUT2D eigenvalue weighted by Gasteiger charge is -1.95. The average Bonchev–Trinajstić information content (AvgIpc) is 2.76. The molecule has 1 N–H and O–H groups in total. The van der Waals surface area contributed by atoms with Crippen LogP contribution in [0.3, 0.4) is 0 Å². The van der Waals surface area contributed by atoms with Gasteiger partial charge in [-0.05, 0) is 6.07 Å². The van der Waals surface area contributed by atoms with E-state index in [9.17, 15) is 10.1 Å². The number of fused-ring (bicyclic) bond motifs is 1. The number of hydrogen-bond acceptors (Lipinski definition) is 4. The van der Waals surface area contributed by atoms with Gasteiger partial charge >= 0.3 is 0 Å². The van der Waals surface area contributed by atoms with E-state index in [1.807, 2.05) is 0 Å². The number of aromatic amines is 1. The molecule has 5 nitrogen and oxygen atoms in total. The first-order valence-corrected chi connectivity index (χ1v) is 5.57. The quantitative estimate of drug-likeness (QED) is 0.369. The third-order valence-corrected chi connectivity index (χ3v) is 2.43. The van der Waals surface area contributed by atoms with Crippen molar-refractivity contribution in [2.24, 2.45) is 0 Å². The summed E-state index contributed by atoms with van der Waals surface area (Å²) in [6.45, 7) is 0. The van der Waals surface area contributed by atoms with Gasteiger partial charge < -0.3 is 0 Å². The molecule has 0 radical (unpaired) electrons. The maximum atomic E-state index is 10.9. The molecule has 0 bridgehead atoms. The van der Waals surface area contributed by atoms with Crippen molar-refractivity contribution in [1.82, 2.24) is 10.2 Å². The Bertz CT molecular complexity index is 624. The van der Waals surface area contributed by atoms with E-state index in [4.69, 9.17) is 0 Å². The number of H-pyrrole nitrogens is 1. The van der Waals surface area contributed by atoms with Crippen molar-refractivity contribution in [2.45, 2.75) is 6.42 Å². The largest absolute Gasteiger partial charge is 0.281 e. The van der Waals surface area contributed by atoms with Crippen molar-refractivity contribution in [1.29, 1.82) is 0 Å². The summed E-state index contributed by atoms with van der Waals surface area (Å²) in [4.78, 5) is 10.5. The molecule has 0 saturated heterocycles. The third kappa shape index (κ3) is 2.40. The Morgan fingerprint density at radius 1 is 1.53 bits per heavy atom. The standard InChI is InChI=1S/C11H9N3O2S/c15-14(16)11-6-8(3-1-2-4-17)5-10-9(11)7-12-13-10/h5-7,17H,2,4H2,(H,12,13). The molecular formula is C11H9N3O2S. The Morgan fingerprint density at radius 2 is 2.35 bits per heavy atom. The predicted molar refractivity (Wildman–Crippen MR) is 68.1 cm³/mol. The number of nitrogens with one attached hydrogen (secondary N) is 1. The number of nitro benzene ring substituents is 1. The van der Waals surface area contributed by atoms with Crippen LogP contribution >= 0.6 is 12.6 Å². The van der Waals surface area contributed by atoms with Gasteiger partial charge in [0.15, 0.2) is 0 Å². The lowest BCUT2D eigenvalue weighted by Crippen LogP contribution is -1.90. The number of benzene rings is 1. The summed E-state index contributed by atoms with van der Waals surface area (Å²) in [5.41, 5.74) is 1.25. The van der Waals surface area contributed by atoms with Crippen molar-refractivity contribution in [2.75, 3.05) is 5.75 Å². The van der Waals surface area contributed by atoms with Crippen LogP contribution in [0.1, 0.15) is 12.0 Å². The molecule has 0 aliphatic rings. The Labute approximate surface area is 103 Å². The number of nitrogens with zero attached hydrogens (tertiary/aromatic N) is 2. The zero-order valence-electron chi connectivity index (χ0n) is 8.80. The number of rotatable bonds is 2. The maximum Gasteiger partial charge on any atom is 0.281 e. The second kappa shape index (κ2) is 4.89. The first-order valence-electron chi connectivity index (χ1n) is 4.93. The Morgan fingerprint density at radius 3 is 3.06 bits per heavy atom. The summed E-state index contributed by atoms with van der Waals surface area (Å²) >= 11 is 4.04. The van der Waals surface area contributed by atoms with Crippen molar-refractivity contribution >= 4 is 29.2 Å². The van der Waals surface area contributed by atoms with Gasteiger partial charge in [-0.2, -0.15) is 17.7 Å². The number of thiol groups is 1. The van der Waals surface area contributed by atoms with Gasteiger partial charge in [-0.25, -0.2) is 0 Å². The molecule has 1 heterocycles. The molecule has 0 spiro atoms. The number of aromatic nitrogens is 2. The highest BCUT2D eigenvalue weighted by molar-refractivity contribution is 7.80. The fourth-order valence-electron chi connectivity index (χ4n) is 1.48.